The topological polar surface area (TPSA) is 57.4 Å². The molecular weight excluding hydrogens is 314 g/mol. The fourth-order valence-electron chi connectivity index (χ4n) is 3.98. The molecule has 0 atom stereocenters. The molecule has 4 rings (SSSR count). The number of fused-ring (bicyclic) bond motifs is 3. The largest absolute Gasteiger partial charge is 0.379 e. The second-order valence-electron chi connectivity index (χ2n) is 7.11. The highest BCUT2D eigenvalue weighted by atomic mass is 16.5. The molecule has 2 aliphatic rings. The standard InChI is InChI=1S/C20H27N3O2/c24-20(21-8-3-9-23-10-12-25-13-11-23)15-6-7-19-17(14-15)16-4-1-2-5-18(16)22-19/h6-7,14,22H,1-5,8-13H2,(H,21,24). The minimum Gasteiger partial charge on any atom is -0.379 e. The number of ether oxygens (including phenoxy) is 1. The summed E-state index contributed by atoms with van der Waals surface area (Å²) < 4.78 is 5.36. The number of amides is 1. The van der Waals surface area contributed by atoms with Gasteiger partial charge in [0.25, 0.3) is 5.91 Å². The molecule has 25 heavy (non-hydrogen) atoms. The van der Waals surface area contributed by atoms with Crippen molar-refractivity contribution in [2.45, 2.75) is 32.1 Å². The molecule has 2 heterocycles. The van der Waals surface area contributed by atoms with E-state index in [1.54, 1.807) is 0 Å². The molecule has 0 radical (unpaired) electrons. The molecule has 0 saturated carbocycles. The van der Waals surface area contributed by atoms with Crippen molar-refractivity contribution >= 4 is 16.8 Å². The number of carbonyl (C=O) groups excluding carboxylic acids is 1. The lowest BCUT2D eigenvalue weighted by Crippen LogP contribution is -2.38. The highest BCUT2D eigenvalue weighted by Crippen LogP contribution is 2.29. The van der Waals surface area contributed by atoms with E-state index in [4.69, 9.17) is 4.74 Å². The molecule has 1 aromatic carbocycles. The average molecular weight is 341 g/mol. The molecule has 0 spiro atoms. The van der Waals surface area contributed by atoms with Gasteiger partial charge in [0.1, 0.15) is 0 Å². The normalized spacial score (nSPS) is 18.2. The second-order valence-corrected chi connectivity index (χ2v) is 7.11. The van der Waals surface area contributed by atoms with Crippen LogP contribution in [0.15, 0.2) is 18.2 Å². The molecule has 1 fully saturated rings. The number of rotatable bonds is 5. The van der Waals surface area contributed by atoms with Crippen molar-refractivity contribution in [2.24, 2.45) is 0 Å². The molecule has 1 aliphatic heterocycles. The number of morpholine rings is 1. The summed E-state index contributed by atoms with van der Waals surface area (Å²) in [6, 6.07) is 6.05. The monoisotopic (exact) mass is 341 g/mol. The van der Waals surface area contributed by atoms with Gasteiger partial charge in [-0.3, -0.25) is 9.69 Å². The highest BCUT2D eigenvalue weighted by molar-refractivity contribution is 5.99. The zero-order chi connectivity index (χ0) is 17.1. The zero-order valence-corrected chi connectivity index (χ0v) is 14.8. The summed E-state index contributed by atoms with van der Waals surface area (Å²) >= 11 is 0. The van der Waals surface area contributed by atoms with Crippen molar-refractivity contribution in [3.8, 4) is 0 Å². The molecule has 1 aromatic heterocycles. The number of aromatic nitrogens is 1. The summed E-state index contributed by atoms with van der Waals surface area (Å²) in [7, 11) is 0. The van der Waals surface area contributed by atoms with Gasteiger partial charge in [0.2, 0.25) is 0 Å². The van der Waals surface area contributed by atoms with E-state index in [9.17, 15) is 4.79 Å². The number of H-pyrrole nitrogens is 1. The summed E-state index contributed by atoms with van der Waals surface area (Å²) in [5.74, 6) is 0.0367. The molecule has 2 aromatic rings. The third kappa shape index (κ3) is 3.72. The third-order valence-electron chi connectivity index (χ3n) is 5.40. The predicted molar refractivity (Wildman–Crippen MR) is 99.1 cm³/mol. The van der Waals surface area contributed by atoms with Crippen molar-refractivity contribution < 1.29 is 9.53 Å². The second kappa shape index (κ2) is 7.58. The molecule has 0 bridgehead atoms. The minimum absolute atomic E-state index is 0.0367. The van der Waals surface area contributed by atoms with E-state index >= 15 is 0 Å². The Balaban J connectivity index is 1.35. The number of hydrogen-bond acceptors (Lipinski definition) is 3. The predicted octanol–water partition coefficient (Wildman–Crippen LogP) is 2.50. The Kier molecular flexibility index (Phi) is 5.04. The summed E-state index contributed by atoms with van der Waals surface area (Å²) in [6.07, 6.45) is 5.74. The number of aromatic amines is 1. The Morgan fingerprint density at radius 3 is 2.92 bits per heavy atom. The van der Waals surface area contributed by atoms with E-state index in [-0.39, 0.29) is 5.91 Å². The van der Waals surface area contributed by atoms with Crippen LogP contribution < -0.4 is 5.32 Å². The molecule has 1 amide bonds. The average Bonchev–Trinajstić information content (AvgIpc) is 3.04. The van der Waals surface area contributed by atoms with E-state index in [0.29, 0.717) is 0 Å². The first-order chi connectivity index (χ1) is 12.3. The van der Waals surface area contributed by atoms with Gasteiger partial charge in [0.15, 0.2) is 0 Å². The van der Waals surface area contributed by atoms with E-state index < -0.39 is 0 Å². The van der Waals surface area contributed by atoms with Gasteiger partial charge in [-0.05, 0) is 62.4 Å². The van der Waals surface area contributed by atoms with E-state index in [0.717, 1.165) is 69.7 Å². The number of benzene rings is 1. The van der Waals surface area contributed by atoms with Gasteiger partial charge in [-0.15, -0.1) is 0 Å². The Labute approximate surface area is 148 Å². The van der Waals surface area contributed by atoms with Crippen molar-refractivity contribution in [1.29, 1.82) is 0 Å². The van der Waals surface area contributed by atoms with Crippen molar-refractivity contribution in [1.82, 2.24) is 15.2 Å². The van der Waals surface area contributed by atoms with Crippen LogP contribution in [0, 0.1) is 0 Å². The number of nitrogens with zero attached hydrogens (tertiary/aromatic N) is 1. The number of carbonyl (C=O) groups is 1. The van der Waals surface area contributed by atoms with E-state index in [1.807, 2.05) is 6.07 Å². The van der Waals surface area contributed by atoms with Crippen LogP contribution in [0.25, 0.3) is 10.9 Å². The smallest absolute Gasteiger partial charge is 0.251 e. The number of nitrogens with one attached hydrogen (secondary N) is 2. The summed E-state index contributed by atoms with van der Waals surface area (Å²) in [5.41, 5.74) is 4.72. The Hall–Kier alpha value is -1.85. The van der Waals surface area contributed by atoms with Crippen LogP contribution in [-0.4, -0.2) is 55.2 Å². The first-order valence-corrected chi connectivity index (χ1v) is 9.53. The van der Waals surface area contributed by atoms with Crippen LogP contribution in [0.4, 0.5) is 0 Å². The van der Waals surface area contributed by atoms with Crippen molar-refractivity contribution in [3.05, 3.63) is 35.0 Å². The van der Waals surface area contributed by atoms with E-state index in [2.05, 4.69) is 27.3 Å². The van der Waals surface area contributed by atoms with Gasteiger partial charge >= 0.3 is 0 Å². The molecule has 134 valence electrons. The van der Waals surface area contributed by atoms with Gasteiger partial charge in [0, 0.05) is 41.8 Å². The van der Waals surface area contributed by atoms with Gasteiger partial charge < -0.3 is 15.0 Å². The summed E-state index contributed by atoms with van der Waals surface area (Å²) in [5, 5.41) is 4.30. The quantitative estimate of drug-likeness (QED) is 0.822. The van der Waals surface area contributed by atoms with Crippen LogP contribution in [0.1, 0.15) is 40.9 Å². The fraction of sp³-hybridized carbons (Fsp3) is 0.550. The lowest BCUT2D eigenvalue weighted by atomic mass is 9.95. The zero-order valence-electron chi connectivity index (χ0n) is 14.8. The maximum Gasteiger partial charge on any atom is 0.251 e. The SMILES string of the molecule is O=C(NCCCN1CCOCC1)c1ccc2[nH]c3c(c2c1)CCCC3. The van der Waals surface area contributed by atoms with E-state index in [1.165, 1.54) is 29.5 Å². The van der Waals surface area contributed by atoms with Crippen LogP contribution in [0.3, 0.4) is 0 Å². The third-order valence-corrected chi connectivity index (χ3v) is 5.40. The van der Waals surface area contributed by atoms with Gasteiger partial charge in [-0.25, -0.2) is 0 Å². The maximum atomic E-state index is 12.5. The van der Waals surface area contributed by atoms with Crippen LogP contribution >= 0.6 is 0 Å². The molecular formula is C20H27N3O2. The first-order valence-electron chi connectivity index (χ1n) is 9.53. The minimum atomic E-state index is 0.0367. The van der Waals surface area contributed by atoms with Gasteiger partial charge in [0.05, 0.1) is 13.2 Å². The van der Waals surface area contributed by atoms with Gasteiger partial charge in [-0.1, -0.05) is 0 Å². The van der Waals surface area contributed by atoms with Gasteiger partial charge in [-0.2, -0.15) is 0 Å². The van der Waals surface area contributed by atoms with Crippen LogP contribution in [-0.2, 0) is 17.6 Å². The molecule has 1 saturated heterocycles. The van der Waals surface area contributed by atoms with Crippen molar-refractivity contribution in [3.63, 3.8) is 0 Å². The lowest BCUT2D eigenvalue weighted by Gasteiger charge is -2.26. The molecule has 0 unspecified atom stereocenters. The molecule has 5 nitrogen and oxygen atoms in total. The lowest BCUT2D eigenvalue weighted by molar-refractivity contribution is 0.0374. The first kappa shape index (κ1) is 16.6. The molecule has 5 heteroatoms. The highest BCUT2D eigenvalue weighted by Gasteiger charge is 2.17. The fourth-order valence-corrected chi connectivity index (χ4v) is 3.98. The summed E-state index contributed by atoms with van der Waals surface area (Å²) in [4.78, 5) is 18.4. The van der Waals surface area contributed by atoms with Crippen LogP contribution in [0.5, 0.6) is 0 Å². The number of hydrogen-bond donors (Lipinski definition) is 2. The Morgan fingerprint density at radius 1 is 1.20 bits per heavy atom. The van der Waals surface area contributed by atoms with Crippen LogP contribution in [0.2, 0.25) is 0 Å². The Bertz CT molecular complexity index is 747. The molecule has 1 aliphatic carbocycles. The Morgan fingerprint density at radius 2 is 2.04 bits per heavy atom. The van der Waals surface area contributed by atoms with Crippen molar-refractivity contribution in [2.75, 3.05) is 39.4 Å². The maximum absolute atomic E-state index is 12.5. The molecule has 2 N–H and O–H groups in total. The number of aryl methyl sites for hydroxylation is 2. The summed E-state index contributed by atoms with van der Waals surface area (Å²) in [6.45, 7) is 5.40.